The molecular weight excluding hydrogens is 383 g/mol. The van der Waals surface area contributed by atoms with Gasteiger partial charge in [-0.05, 0) is 37.0 Å². The zero-order valence-corrected chi connectivity index (χ0v) is 17.3. The molecule has 3 rings (SSSR count). The number of nitrogens with one attached hydrogen (secondary N) is 2. The van der Waals surface area contributed by atoms with Gasteiger partial charge in [-0.3, -0.25) is 9.79 Å². The van der Waals surface area contributed by atoms with Gasteiger partial charge >= 0.3 is 0 Å². The number of rotatable bonds is 7. The Balaban J connectivity index is 1.57. The number of carbonyl (C=O) groups is 1. The summed E-state index contributed by atoms with van der Waals surface area (Å²) in [6.07, 6.45) is 4.06. The Labute approximate surface area is 176 Å². The van der Waals surface area contributed by atoms with Crippen molar-refractivity contribution in [3.05, 3.63) is 59.5 Å². The third kappa shape index (κ3) is 5.68. The van der Waals surface area contributed by atoms with Gasteiger partial charge in [-0.2, -0.15) is 0 Å². The van der Waals surface area contributed by atoms with Crippen LogP contribution >= 0.6 is 0 Å². The van der Waals surface area contributed by atoms with Crippen molar-refractivity contribution in [2.24, 2.45) is 16.6 Å². The second kappa shape index (κ2) is 10.6. The molecule has 160 valence electrons. The number of aliphatic imine (C=N–C) groups is 1. The molecule has 1 unspecified atom stereocenters. The van der Waals surface area contributed by atoms with Crippen LogP contribution in [0.2, 0.25) is 0 Å². The summed E-state index contributed by atoms with van der Waals surface area (Å²) in [5.74, 6) is 0.898. The fraction of sp³-hybridized carbons (Fsp3) is 0.409. The molecule has 1 aliphatic heterocycles. The smallest absolute Gasteiger partial charge is 0.222 e. The van der Waals surface area contributed by atoms with E-state index in [1.165, 1.54) is 6.07 Å². The number of hydrogen-bond donors (Lipinski definition) is 3. The van der Waals surface area contributed by atoms with Crippen molar-refractivity contribution in [2.45, 2.75) is 25.8 Å². The Hall–Kier alpha value is -3.16. The molecule has 7 nitrogen and oxygen atoms in total. The van der Waals surface area contributed by atoms with Gasteiger partial charge in [0.15, 0.2) is 5.96 Å². The fourth-order valence-corrected chi connectivity index (χ4v) is 3.67. The lowest BCUT2D eigenvalue weighted by Crippen LogP contribution is -2.42. The number of amides is 1. The van der Waals surface area contributed by atoms with Crippen molar-refractivity contribution in [3.8, 4) is 0 Å². The maximum Gasteiger partial charge on any atom is 0.222 e. The number of hydrogen-bond acceptors (Lipinski definition) is 4. The summed E-state index contributed by atoms with van der Waals surface area (Å²) < 4.78 is 13.7. The van der Waals surface area contributed by atoms with Crippen molar-refractivity contribution in [2.75, 3.05) is 31.6 Å². The van der Waals surface area contributed by atoms with E-state index in [0.717, 1.165) is 30.8 Å². The van der Waals surface area contributed by atoms with Gasteiger partial charge in [0.1, 0.15) is 11.6 Å². The minimum Gasteiger partial charge on any atom is -0.369 e. The van der Waals surface area contributed by atoms with Gasteiger partial charge in [-0.1, -0.05) is 24.3 Å². The number of guanidine groups is 1. The van der Waals surface area contributed by atoms with Crippen LogP contribution < -0.4 is 21.3 Å². The van der Waals surface area contributed by atoms with E-state index in [2.05, 4.69) is 25.5 Å². The second-order valence-corrected chi connectivity index (χ2v) is 7.37. The summed E-state index contributed by atoms with van der Waals surface area (Å²) in [5, 5.41) is 6.50. The van der Waals surface area contributed by atoms with Crippen LogP contribution in [-0.2, 0) is 17.8 Å². The highest BCUT2D eigenvalue weighted by Crippen LogP contribution is 2.24. The molecule has 1 amide bonds. The number of primary amides is 1. The van der Waals surface area contributed by atoms with Gasteiger partial charge in [0.2, 0.25) is 5.91 Å². The predicted octanol–water partition coefficient (Wildman–Crippen LogP) is 1.83. The normalized spacial score (nSPS) is 16.9. The average molecular weight is 413 g/mol. The van der Waals surface area contributed by atoms with Crippen molar-refractivity contribution < 1.29 is 9.18 Å². The SMILES string of the molecule is CN=C(NCCc1ccccc1F)NCc1cccnc1N1CCCC(C(N)=O)C1. The Morgan fingerprint density at radius 1 is 1.27 bits per heavy atom. The predicted molar refractivity (Wildman–Crippen MR) is 117 cm³/mol. The van der Waals surface area contributed by atoms with E-state index in [0.29, 0.717) is 37.6 Å². The van der Waals surface area contributed by atoms with Gasteiger partial charge in [0.25, 0.3) is 0 Å². The minimum absolute atomic E-state index is 0.144. The number of anilines is 1. The number of halogens is 1. The molecule has 8 heteroatoms. The van der Waals surface area contributed by atoms with E-state index in [4.69, 9.17) is 5.73 Å². The molecule has 4 N–H and O–H groups in total. The third-order valence-corrected chi connectivity index (χ3v) is 5.31. The van der Waals surface area contributed by atoms with Gasteiger partial charge in [0, 0.05) is 45.0 Å². The van der Waals surface area contributed by atoms with E-state index < -0.39 is 0 Å². The molecule has 0 aliphatic carbocycles. The lowest BCUT2D eigenvalue weighted by molar-refractivity contribution is -0.122. The summed E-state index contributed by atoms with van der Waals surface area (Å²) in [6, 6.07) is 10.7. The summed E-state index contributed by atoms with van der Waals surface area (Å²) in [4.78, 5) is 22.5. The zero-order valence-electron chi connectivity index (χ0n) is 17.3. The lowest BCUT2D eigenvalue weighted by atomic mass is 9.97. The largest absolute Gasteiger partial charge is 0.369 e. The first-order valence-corrected chi connectivity index (χ1v) is 10.2. The molecule has 1 aromatic carbocycles. The second-order valence-electron chi connectivity index (χ2n) is 7.37. The first-order valence-electron chi connectivity index (χ1n) is 10.2. The summed E-state index contributed by atoms with van der Waals surface area (Å²) in [6.45, 7) is 2.53. The number of carbonyl (C=O) groups excluding carboxylic acids is 1. The molecule has 2 heterocycles. The fourth-order valence-electron chi connectivity index (χ4n) is 3.67. The van der Waals surface area contributed by atoms with Crippen molar-refractivity contribution in [1.29, 1.82) is 0 Å². The number of benzene rings is 1. The van der Waals surface area contributed by atoms with Crippen LogP contribution in [0.5, 0.6) is 0 Å². The third-order valence-electron chi connectivity index (χ3n) is 5.31. The number of piperidine rings is 1. The molecular formula is C22H29FN6O. The monoisotopic (exact) mass is 412 g/mol. The molecule has 0 bridgehead atoms. The Morgan fingerprint density at radius 2 is 2.07 bits per heavy atom. The standard InChI is InChI=1S/C22H29FN6O/c1-25-22(27-12-10-16-6-2-3-9-19(16)23)28-14-17-7-4-11-26-21(17)29-13-5-8-18(15-29)20(24)30/h2-4,6-7,9,11,18H,5,8,10,12-15H2,1H3,(H2,24,30)(H2,25,27,28). The molecule has 1 atom stereocenters. The van der Waals surface area contributed by atoms with Crippen LogP contribution in [0.15, 0.2) is 47.6 Å². The van der Waals surface area contributed by atoms with E-state index in [9.17, 15) is 9.18 Å². The van der Waals surface area contributed by atoms with Crippen molar-refractivity contribution >= 4 is 17.7 Å². The molecule has 1 aromatic heterocycles. The Morgan fingerprint density at radius 3 is 2.83 bits per heavy atom. The van der Waals surface area contributed by atoms with Gasteiger partial charge in [-0.25, -0.2) is 9.37 Å². The number of aromatic nitrogens is 1. The molecule has 30 heavy (non-hydrogen) atoms. The Bertz CT molecular complexity index is 887. The number of pyridine rings is 1. The Kier molecular flexibility index (Phi) is 7.59. The first-order chi connectivity index (χ1) is 14.6. The van der Waals surface area contributed by atoms with Crippen LogP contribution in [0.1, 0.15) is 24.0 Å². The average Bonchev–Trinajstić information content (AvgIpc) is 2.77. The van der Waals surface area contributed by atoms with E-state index in [1.807, 2.05) is 18.2 Å². The topological polar surface area (TPSA) is 95.6 Å². The van der Waals surface area contributed by atoms with Gasteiger partial charge in [-0.15, -0.1) is 0 Å². The molecule has 1 saturated heterocycles. The summed E-state index contributed by atoms with van der Waals surface area (Å²) >= 11 is 0. The van der Waals surface area contributed by atoms with Crippen LogP contribution in [-0.4, -0.2) is 43.5 Å². The van der Waals surface area contributed by atoms with E-state index >= 15 is 0 Å². The van der Waals surface area contributed by atoms with Crippen LogP contribution in [0.4, 0.5) is 10.2 Å². The number of nitrogens with zero attached hydrogens (tertiary/aromatic N) is 3. The lowest BCUT2D eigenvalue weighted by Gasteiger charge is -2.33. The minimum atomic E-state index is -0.255. The highest BCUT2D eigenvalue weighted by atomic mass is 19.1. The highest BCUT2D eigenvalue weighted by molar-refractivity contribution is 5.80. The van der Waals surface area contributed by atoms with Crippen molar-refractivity contribution in [3.63, 3.8) is 0 Å². The first kappa shape index (κ1) is 21.5. The van der Waals surface area contributed by atoms with E-state index in [1.54, 1.807) is 25.4 Å². The summed E-state index contributed by atoms with van der Waals surface area (Å²) in [7, 11) is 1.70. The maximum absolute atomic E-state index is 13.7. The molecule has 0 spiro atoms. The van der Waals surface area contributed by atoms with E-state index in [-0.39, 0.29) is 17.6 Å². The van der Waals surface area contributed by atoms with Crippen LogP contribution in [0, 0.1) is 11.7 Å². The number of nitrogens with two attached hydrogens (primary N) is 1. The van der Waals surface area contributed by atoms with Crippen LogP contribution in [0.3, 0.4) is 0 Å². The molecule has 0 saturated carbocycles. The van der Waals surface area contributed by atoms with Crippen molar-refractivity contribution in [1.82, 2.24) is 15.6 Å². The molecule has 0 radical (unpaired) electrons. The van der Waals surface area contributed by atoms with Gasteiger partial charge in [0.05, 0.1) is 5.92 Å². The zero-order chi connectivity index (χ0) is 21.3. The maximum atomic E-state index is 13.7. The molecule has 1 aliphatic rings. The summed E-state index contributed by atoms with van der Waals surface area (Å²) in [5.41, 5.74) is 7.20. The molecule has 2 aromatic rings. The van der Waals surface area contributed by atoms with Gasteiger partial charge < -0.3 is 21.3 Å². The quantitative estimate of drug-likeness (QED) is 0.476. The highest BCUT2D eigenvalue weighted by Gasteiger charge is 2.25. The van der Waals surface area contributed by atoms with Crippen LogP contribution in [0.25, 0.3) is 0 Å². The molecule has 1 fully saturated rings.